The summed E-state index contributed by atoms with van der Waals surface area (Å²) in [6.07, 6.45) is 12.9. The monoisotopic (exact) mass is 173 g/mol. The molecule has 0 saturated carbocycles. The van der Waals surface area contributed by atoms with E-state index in [0.717, 1.165) is 0 Å². The Kier molecular flexibility index (Phi) is 1.95. The molecule has 0 aromatic rings. The lowest BCUT2D eigenvalue weighted by Gasteiger charge is -2.27. The molecule has 0 fully saturated rings. The molecule has 0 radical (unpaired) electrons. The molecule has 1 aliphatic carbocycles. The number of fused-ring (bicyclic) bond motifs is 1. The maximum Gasteiger partial charge on any atom is 0.0500 e. The van der Waals surface area contributed by atoms with Crippen LogP contribution in [0, 0.1) is 5.41 Å². The van der Waals surface area contributed by atoms with E-state index in [9.17, 15) is 0 Å². The van der Waals surface area contributed by atoms with Gasteiger partial charge in [-0.25, -0.2) is 0 Å². The SMILES string of the molecule is CC1=CC=C2N=CC=CC2(C)CC1. The van der Waals surface area contributed by atoms with E-state index < -0.39 is 0 Å². The van der Waals surface area contributed by atoms with Crippen LogP contribution in [0.15, 0.2) is 40.6 Å². The van der Waals surface area contributed by atoms with E-state index in [0.29, 0.717) is 0 Å². The highest BCUT2D eigenvalue weighted by atomic mass is 14.8. The molecule has 0 spiro atoms. The molecule has 0 bridgehead atoms. The van der Waals surface area contributed by atoms with Gasteiger partial charge in [0.25, 0.3) is 0 Å². The van der Waals surface area contributed by atoms with Crippen LogP contribution in [0.3, 0.4) is 0 Å². The van der Waals surface area contributed by atoms with Crippen molar-refractivity contribution in [3.05, 3.63) is 35.6 Å². The average molecular weight is 173 g/mol. The van der Waals surface area contributed by atoms with E-state index in [4.69, 9.17) is 0 Å². The first kappa shape index (κ1) is 8.49. The molecule has 13 heavy (non-hydrogen) atoms. The van der Waals surface area contributed by atoms with Crippen molar-refractivity contribution in [2.75, 3.05) is 0 Å². The number of allylic oxidation sites excluding steroid dienone is 5. The predicted molar refractivity (Wildman–Crippen MR) is 56.8 cm³/mol. The minimum absolute atomic E-state index is 0.170. The molecule has 0 aromatic heterocycles. The molecule has 1 heteroatoms. The summed E-state index contributed by atoms with van der Waals surface area (Å²) < 4.78 is 0. The van der Waals surface area contributed by atoms with Gasteiger partial charge in [-0.3, -0.25) is 4.99 Å². The van der Waals surface area contributed by atoms with Crippen LogP contribution in [0.2, 0.25) is 0 Å². The second-order valence-electron chi connectivity index (χ2n) is 4.12. The average Bonchev–Trinajstić information content (AvgIpc) is 2.27. The summed E-state index contributed by atoms with van der Waals surface area (Å²) in [4.78, 5) is 4.42. The highest BCUT2D eigenvalue weighted by molar-refractivity contribution is 5.74. The molecule has 1 aliphatic heterocycles. The third kappa shape index (κ3) is 1.51. The van der Waals surface area contributed by atoms with Crippen LogP contribution in [0.5, 0.6) is 0 Å². The van der Waals surface area contributed by atoms with Crippen LogP contribution in [-0.4, -0.2) is 6.21 Å². The van der Waals surface area contributed by atoms with Crippen LogP contribution in [0.1, 0.15) is 26.7 Å². The van der Waals surface area contributed by atoms with Gasteiger partial charge in [0.15, 0.2) is 0 Å². The Morgan fingerprint density at radius 1 is 1.38 bits per heavy atom. The Bertz CT molecular complexity index is 331. The quantitative estimate of drug-likeness (QED) is 0.533. The summed E-state index contributed by atoms with van der Waals surface area (Å²) in [6, 6.07) is 0. The standard InChI is InChI=1S/C12H15N/c1-10-4-5-11-12(2,8-6-10)7-3-9-13-11/h3-5,7,9H,6,8H2,1-2H3. The number of nitrogens with zero attached hydrogens (tertiary/aromatic N) is 1. The van der Waals surface area contributed by atoms with Gasteiger partial charge < -0.3 is 0 Å². The predicted octanol–water partition coefficient (Wildman–Crippen LogP) is 3.26. The normalized spacial score (nSPS) is 31.8. The fraction of sp³-hybridized carbons (Fsp3) is 0.417. The molecule has 1 heterocycles. The Balaban J connectivity index is 2.38. The molecular formula is C12H15N. The topological polar surface area (TPSA) is 12.4 Å². The summed E-state index contributed by atoms with van der Waals surface area (Å²) in [6.45, 7) is 4.45. The first-order chi connectivity index (χ1) is 6.21. The Labute approximate surface area is 79.6 Å². The van der Waals surface area contributed by atoms with Crippen LogP contribution < -0.4 is 0 Å². The molecular weight excluding hydrogens is 158 g/mol. The summed E-state index contributed by atoms with van der Waals surface area (Å²) in [5.41, 5.74) is 2.82. The fourth-order valence-corrected chi connectivity index (χ4v) is 1.82. The van der Waals surface area contributed by atoms with Gasteiger partial charge in [0.1, 0.15) is 0 Å². The molecule has 0 aromatic carbocycles. The molecule has 0 N–H and O–H groups in total. The molecule has 1 nitrogen and oxygen atoms in total. The van der Waals surface area contributed by atoms with Crippen molar-refractivity contribution in [1.29, 1.82) is 0 Å². The number of hydrogen-bond acceptors (Lipinski definition) is 1. The molecule has 2 aliphatic rings. The maximum atomic E-state index is 4.42. The molecule has 0 saturated heterocycles. The van der Waals surface area contributed by atoms with Gasteiger partial charge in [-0.05, 0) is 31.9 Å². The highest BCUT2D eigenvalue weighted by Gasteiger charge is 2.27. The van der Waals surface area contributed by atoms with E-state index in [2.05, 4.69) is 43.1 Å². The molecule has 1 atom stereocenters. The number of hydrogen-bond donors (Lipinski definition) is 0. The van der Waals surface area contributed by atoms with Crippen molar-refractivity contribution in [3.8, 4) is 0 Å². The second-order valence-corrected chi connectivity index (χ2v) is 4.12. The van der Waals surface area contributed by atoms with Gasteiger partial charge in [0.05, 0.1) is 5.70 Å². The summed E-state index contributed by atoms with van der Waals surface area (Å²) >= 11 is 0. The van der Waals surface area contributed by atoms with E-state index in [1.165, 1.54) is 24.1 Å². The van der Waals surface area contributed by atoms with Gasteiger partial charge in [0.2, 0.25) is 0 Å². The molecule has 1 unspecified atom stereocenters. The van der Waals surface area contributed by atoms with Gasteiger partial charge >= 0.3 is 0 Å². The lowest BCUT2D eigenvalue weighted by Crippen LogP contribution is -2.17. The van der Waals surface area contributed by atoms with Gasteiger partial charge in [-0.1, -0.05) is 24.6 Å². The zero-order valence-corrected chi connectivity index (χ0v) is 8.25. The first-order valence-electron chi connectivity index (χ1n) is 4.80. The number of dihydropyridines is 1. The van der Waals surface area contributed by atoms with Crippen molar-refractivity contribution < 1.29 is 0 Å². The second kappa shape index (κ2) is 2.99. The van der Waals surface area contributed by atoms with E-state index in [-0.39, 0.29) is 5.41 Å². The number of rotatable bonds is 0. The minimum atomic E-state index is 0.170. The van der Waals surface area contributed by atoms with Crippen LogP contribution >= 0.6 is 0 Å². The summed E-state index contributed by atoms with van der Waals surface area (Å²) in [5, 5.41) is 0. The lowest BCUT2D eigenvalue weighted by molar-refractivity contribution is 0.465. The minimum Gasteiger partial charge on any atom is -0.260 e. The zero-order valence-electron chi connectivity index (χ0n) is 8.25. The van der Waals surface area contributed by atoms with Crippen molar-refractivity contribution >= 4 is 6.21 Å². The molecule has 68 valence electrons. The third-order valence-corrected chi connectivity index (χ3v) is 2.91. The lowest BCUT2D eigenvalue weighted by atomic mass is 9.81. The van der Waals surface area contributed by atoms with E-state index in [1.807, 2.05) is 6.21 Å². The first-order valence-corrected chi connectivity index (χ1v) is 4.80. The smallest absolute Gasteiger partial charge is 0.0500 e. The van der Waals surface area contributed by atoms with Gasteiger partial charge in [-0.2, -0.15) is 0 Å². The van der Waals surface area contributed by atoms with Crippen molar-refractivity contribution in [1.82, 2.24) is 0 Å². The third-order valence-electron chi connectivity index (χ3n) is 2.91. The van der Waals surface area contributed by atoms with E-state index >= 15 is 0 Å². The summed E-state index contributed by atoms with van der Waals surface area (Å²) in [5.74, 6) is 0. The Hall–Kier alpha value is -1.11. The van der Waals surface area contributed by atoms with Gasteiger partial charge in [0, 0.05) is 11.6 Å². The number of aliphatic imine (C=N–C) groups is 1. The highest BCUT2D eigenvalue weighted by Crippen LogP contribution is 2.39. The van der Waals surface area contributed by atoms with E-state index in [1.54, 1.807) is 0 Å². The Morgan fingerprint density at radius 2 is 2.23 bits per heavy atom. The van der Waals surface area contributed by atoms with Crippen molar-refractivity contribution in [3.63, 3.8) is 0 Å². The zero-order chi connectivity index (χ0) is 9.31. The van der Waals surface area contributed by atoms with Crippen molar-refractivity contribution in [2.45, 2.75) is 26.7 Å². The van der Waals surface area contributed by atoms with Crippen molar-refractivity contribution in [2.24, 2.45) is 10.4 Å². The Morgan fingerprint density at radius 3 is 3.08 bits per heavy atom. The maximum absolute atomic E-state index is 4.42. The van der Waals surface area contributed by atoms with Crippen LogP contribution in [0.25, 0.3) is 0 Å². The van der Waals surface area contributed by atoms with Crippen LogP contribution in [-0.2, 0) is 0 Å². The largest absolute Gasteiger partial charge is 0.260 e. The van der Waals surface area contributed by atoms with Crippen LogP contribution in [0.4, 0.5) is 0 Å². The van der Waals surface area contributed by atoms with Gasteiger partial charge in [-0.15, -0.1) is 0 Å². The fourth-order valence-electron chi connectivity index (χ4n) is 1.82. The summed E-state index contributed by atoms with van der Waals surface area (Å²) in [7, 11) is 0. The molecule has 0 amide bonds. The molecule has 2 rings (SSSR count).